The number of rotatable bonds is 4. The number of nitrogens with one attached hydrogen (secondary N) is 1. The van der Waals surface area contributed by atoms with Crippen LogP contribution in [0.4, 0.5) is 0 Å². The quantitative estimate of drug-likeness (QED) is 0.935. The highest BCUT2D eigenvalue weighted by Crippen LogP contribution is 2.11. The second-order valence-corrected chi connectivity index (χ2v) is 6.02. The summed E-state index contributed by atoms with van der Waals surface area (Å²) in [4.78, 5) is 8.68. The maximum Gasteiger partial charge on any atom is 0.129 e. The van der Waals surface area contributed by atoms with Crippen LogP contribution in [-0.2, 0) is 20.1 Å². The van der Waals surface area contributed by atoms with Gasteiger partial charge in [0.05, 0.1) is 19.3 Å². The SMILES string of the molecule is Cn1c(Cl)cnc1Cn1ccnc1CNC(C)(C)C. The molecule has 0 fully saturated rings. The van der Waals surface area contributed by atoms with Crippen molar-refractivity contribution >= 4 is 11.6 Å². The van der Waals surface area contributed by atoms with Crippen molar-refractivity contribution in [2.75, 3.05) is 0 Å². The van der Waals surface area contributed by atoms with Gasteiger partial charge < -0.3 is 14.5 Å². The van der Waals surface area contributed by atoms with Crippen LogP contribution in [0.15, 0.2) is 18.6 Å². The molecule has 2 heterocycles. The van der Waals surface area contributed by atoms with Gasteiger partial charge in [0.2, 0.25) is 0 Å². The lowest BCUT2D eigenvalue weighted by Crippen LogP contribution is -2.36. The molecular weight excluding hydrogens is 262 g/mol. The van der Waals surface area contributed by atoms with Crippen molar-refractivity contribution in [3.8, 4) is 0 Å². The van der Waals surface area contributed by atoms with Crippen LogP contribution in [-0.4, -0.2) is 24.6 Å². The van der Waals surface area contributed by atoms with Crippen molar-refractivity contribution in [3.05, 3.63) is 35.4 Å². The number of halogens is 1. The Morgan fingerprint density at radius 3 is 2.58 bits per heavy atom. The predicted octanol–water partition coefficient (Wildman–Crippen LogP) is 2.21. The highest BCUT2D eigenvalue weighted by atomic mass is 35.5. The van der Waals surface area contributed by atoms with Gasteiger partial charge in [-0.1, -0.05) is 11.6 Å². The summed E-state index contributed by atoms with van der Waals surface area (Å²) < 4.78 is 3.96. The summed E-state index contributed by atoms with van der Waals surface area (Å²) in [6.45, 7) is 7.81. The molecule has 2 rings (SSSR count). The summed E-state index contributed by atoms with van der Waals surface area (Å²) in [6.07, 6.45) is 5.44. The van der Waals surface area contributed by atoms with Gasteiger partial charge in [0.1, 0.15) is 16.8 Å². The molecule has 0 aliphatic rings. The average molecular weight is 282 g/mol. The summed E-state index contributed by atoms with van der Waals surface area (Å²) in [5.74, 6) is 1.91. The minimum Gasteiger partial charge on any atom is -0.326 e. The normalized spacial score (nSPS) is 12.1. The molecule has 0 amide bonds. The van der Waals surface area contributed by atoms with Gasteiger partial charge in [-0.25, -0.2) is 9.97 Å². The second kappa shape index (κ2) is 5.35. The number of imidazole rings is 2. The highest BCUT2D eigenvalue weighted by molar-refractivity contribution is 6.29. The molecule has 0 bridgehead atoms. The zero-order chi connectivity index (χ0) is 14.0. The average Bonchev–Trinajstić information content (AvgIpc) is 2.88. The van der Waals surface area contributed by atoms with E-state index < -0.39 is 0 Å². The molecule has 0 saturated carbocycles. The fraction of sp³-hybridized carbons (Fsp3) is 0.538. The van der Waals surface area contributed by atoms with Crippen LogP contribution in [0.3, 0.4) is 0 Å². The van der Waals surface area contributed by atoms with Gasteiger partial charge in [-0.3, -0.25) is 0 Å². The van der Waals surface area contributed by atoms with Gasteiger partial charge in [0, 0.05) is 25.0 Å². The fourth-order valence-electron chi connectivity index (χ4n) is 1.72. The highest BCUT2D eigenvalue weighted by Gasteiger charge is 2.12. The molecular formula is C13H20ClN5. The molecule has 5 nitrogen and oxygen atoms in total. The summed E-state index contributed by atoms with van der Waals surface area (Å²) in [5.41, 5.74) is 0.0727. The first-order chi connectivity index (χ1) is 8.87. The largest absolute Gasteiger partial charge is 0.326 e. The lowest BCUT2D eigenvalue weighted by Gasteiger charge is -2.20. The van der Waals surface area contributed by atoms with Crippen molar-refractivity contribution < 1.29 is 0 Å². The van der Waals surface area contributed by atoms with E-state index in [1.807, 2.05) is 24.0 Å². The zero-order valence-electron chi connectivity index (χ0n) is 11.8. The molecule has 2 aromatic rings. The Morgan fingerprint density at radius 1 is 1.26 bits per heavy atom. The Kier molecular flexibility index (Phi) is 3.96. The molecule has 0 radical (unpaired) electrons. The van der Waals surface area contributed by atoms with E-state index in [4.69, 9.17) is 11.6 Å². The third-order valence-electron chi connectivity index (χ3n) is 2.92. The molecule has 0 saturated heterocycles. The van der Waals surface area contributed by atoms with Crippen LogP contribution in [0.5, 0.6) is 0 Å². The molecule has 0 aliphatic carbocycles. The van der Waals surface area contributed by atoms with Crippen molar-refractivity contribution in [3.63, 3.8) is 0 Å². The molecule has 0 aromatic carbocycles. The van der Waals surface area contributed by atoms with E-state index in [-0.39, 0.29) is 5.54 Å². The first-order valence-electron chi connectivity index (χ1n) is 6.28. The van der Waals surface area contributed by atoms with Crippen molar-refractivity contribution in [1.82, 2.24) is 24.4 Å². The van der Waals surface area contributed by atoms with Crippen molar-refractivity contribution in [2.45, 2.75) is 39.4 Å². The third kappa shape index (κ3) is 3.58. The lowest BCUT2D eigenvalue weighted by atomic mass is 10.1. The van der Waals surface area contributed by atoms with Gasteiger partial charge in [-0.15, -0.1) is 0 Å². The van der Waals surface area contributed by atoms with Crippen LogP contribution in [0.1, 0.15) is 32.4 Å². The smallest absolute Gasteiger partial charge is 0.129 e. The van der Waals surface area contributed by atoms with E-state index in [1.54, 1.807) is 6.20 Å². The molecule has 104 valence electrons. The molecule has 0 atom stereocenters. The number of aromatic nitrogens is 4. The first-order valence-corrected chi connectivity index (χ1v) is 6.66. The predicted molar refractivity (Wildman–Crippen MR) is 76.1 cm³/mol. The second-order valence-electron chi connectivity index (χ2n) is 5.63. The molecule has 0 spiro atoms. The minimum atomic E-state index is 0.0727. The van der Waals surface area contributed by atoms with E-state index in [2.05, 4.69) is 40.6 Å². The maximum atomic E-state index is 5.99. The van der Waals surface area contributed by atoms with Gasteiger partial charge in [0.15, 0.2) is 0 Å². The minimum absolute atomic E-state index is 0.0727. The Bertz CT molecular complexity index is 550. The van der Waals surface area contributed by atoms with Gasteiger partial charge in [-0.2, -0.15) is 0 Å². The van der Waals surface area contributed by atoms with E-state index >= 15 is 0 Å². The van der Waals surface area contributed by atoms with Crippen LogP contribution in [0.25, 0.3) is 0 Å². The Balaban J connectivity index is 2.10. The summed E-state index contributed by atoms with van der Waals surface area (Å²) >= 11 is 5.99. The molecule has 6 heteroatoms. The number of hydrogen-bond donors (Lipinski definition) is 1. The molecule has 1 N–H and O–H groups in total. The first kappa shape index (κ1) is 14.1. The van der Waals surface area contributed by atoms with Crippen molar-refractivity contribution in [1.29, 1.82) is 0 Å². The summed E-state index contributed by atoms with van der Waals surface area (Å²) in [6, 6.07) is 0. The molecule has 19 heavy (non-hydrogen) atoms. The van der Waals surface area contributed by atoms with E-state index in [0.29, 0.717) is 11.7 Å². The van der Waals surface area contributed by atoms with Gasteiger partial charge in [-0.05, 0) is 20.8 Å². The maximum absolute atomic E-state index is 5.99. The van der Waals surface area contributed by atoms with Gasteiger partial charge in [0.25, 0.3) is 0 Å². The third-order valence-corrected chi connectivity index (χ3v) is 3.27. The zero-order valence-corrected chi connectivity index (χ0v) is 12.6. The van der Waals surface area contributed by atoms with Crippen LogP contribution in [0.2, 0.25) is 5.15 Å². The summed E-state index contributed by atoms with van der Waals surface area (Å²) in [5, 5.41) is 4.08. The Labute approximate surface area is 118 Å². The van der Waals surface area contributed by atoms with E-state index in [0.717, 1.165) is 18.2 Å². The standard InChI is InChI=1S/C13H20ClN5/c1-13(2,3)17-8-11-15-5-6-19(11)9-12-16-7-10(14)18(12)4/h5-7,17H,8-9H2,1-4H3. The molecule has 0 aliphatic heterocycles. The Hall–Kier alpha value is -1.33. The fourth-order valence-corrected chi connectivity index (χ4v) is 1.87. The van der Waals surface area contributed by atoms with Crippen molar-refractivity contribution in [2.24, 2.45) is 7.05 Å². The summed E-state index contributed by atoms with van der Waals surface area (Å²) in [7, 11) is 1.91. The van der Waals surface area contributed by atoms with Crippen LogP contribution < -0.4 is 5.32 Å². The number of nitrogens with zero attached hydrogens (tertiary/aromatic N) is 4. The monoisotopic (exact) mass is 281 g/mol. The Morgan fingerprint density at radius 2 is 2.00 bits per heavy atom. The number of hydrogen-bond acceptors (Lipinski definition) is 3. The molecule has 0 unspecified atom stereocenters. The van der Waals surface area contributed by atoms with E-state index in [1.165, 1.54) is 0 Å². The lowest BCUT2D eigenvalue weighted by molar-refractivity contribution is 0.412. The topological polar surface area (TPSA) is 47.7 Å². The van der Waals surface area contributed by atoms with Crippen LogP contribution in [0, 0.1) is 0 Å². The van der Waals surface area contributed by atoms with E-state index in [9.17, 15) is 0 Å². The van der Waals surface area contributed by atoms with Crippen LogP contribution >= 0.6 is 11.6 Å². The van der Waals surface area contributed by atoms with Gasteiger partial charge >= 0.3 is 0 Å². The molecule has 2 aromatic heterocycles.